The first-order valence-electron chi connectivity index (χ1n) is 10.0. The third-order valence-corrected chi connectivity index (χ3v) is 5.44. The highest BCUT2D eigenvalue weighted by Crippen LogP contribution is 2.37. The molecule has 0 aromatic heterocycles. The first kappa shape index (κ1) is 17.4. The summed E-state index contributed by atoms with van der Waals surface area (Å²) in [4.78, 5) is 0. The summed E-state index contributed by atoms with van der Waals surface area (Å²) in [5, 5.41) is 7.18. The minimum Gasteiger partial charge on any atom is -0.257 e. The zero-order valence-corrected chi connectivity index (χ0v) is 16.1. The lowest BCUT2D eigenvalue weighted by atomic mass is 9.96. The molecule has 0 amide bonds. The lowest BCUT2D eigenvalue weighted by molar-refractivity contribution is 0.709. The minimum absolute atomic E-state index is 0.192. The molecule has 1 unspecified atom stereocenters. The number of hydrogen-bond donors (Lipinski definition) is 0. The molecule has 140 valence electrons. The first-order chi connectivity index (χ1) is 14.4. The van der Waals surface area contributed by atoms with Crippen molar-refractivity contribution in [3.63, 3.8) is 0 Å². The van der Waals surface area contributed by atoms with Gasteiger partial charge in [-0.15, -0.1) is 0 Å². The van der Waals surface area contributed by atoms with Crippen molar-refractivity contribution in [2.75, 3.05) is 5.01 Å². The standard InChI is InChI=1S/C27H22N2/c1-4-10-21(11-5-1)22-16-18-24(19-17-22)27-20-26(23-12-6-2-7-13-23)28-29(27)25-14-8-3-9-15-25/h1-19,27H,20H2. The van der Waals surface area contributed by atoms with Crippen molar-refractivity contribution in [1.82, 2.24) is 0 Å². The van der Waals surface area contributed by atoms with E-state index in [1.807, 2.05) is 12.1 Å². The fourth-order valence-corrected chi connectivity index (χ4v) is 3.92. The highest BCUT2D eigenvalue weighted by molar-refractivity contribution is 6.03. The van der Waals surface area contributed by atoms with Crippen LogP contribution in [0.5, 0.6) is 0 Å². The van der Waals surface area contributed by atoms with Crippen molar-refractivity contribution < 1.29 is 0 Å². The lowest BCUT2D eigenvalue weighted by Crippen LogP contribution is -2.18. The highest BCUT2D eigenvalue weighted by Gasteiger charge is 2.29. The Labute approximate surface area is 171 Å². The van der Waals surface area contributed by atoms with Gasteiger partial charge < -0.3 is 0 Å². The summed E-state index contributed by atoms with van der Waals surface area (Å²) in [5.74, 6) is 0. The van der Waals surface area contributed by atoms with E-state index in [2.05, 4.69) is 108 Å². The van der Waals surface area contributed by atoms with E-state index >= 15 is 0 Å². The van der Waals surface area contributed by atoms with E-state index in [-0.39, 0.29) is 6.04 Å². The summed E-state index contributed by atoms with van der Waals surface area (Å²) < 4.78 is 0. The molecule has 1 aliphatic rings. The van der Waals surface area contributed by atoms with Crippen LogP contribution in [0.3, 0.4) is 0 Å². The van der Waals surface area contributed by atoms with Gasteiger partial charge in [-0.3, -0.25) is 5.01 Å². The van der Waals surface area contributed by atoms with Gasteiger partial charge in [0.15, 0.2) is 0 Å². The number of hydrogen-bond acceptors (Lipinski definition) is 2. The molecular weight excluding hydrogens is 352 g/mol. The maximum atomic E-state index is 5.02. The fourth-order valence-electron chi connectivity index (χ4n) is 3.92. The average molecular weight is 374 g/mol. The van der Waals surface area contributed by atoms with Gasteiger partial charge in [0.2, 0.25) is 0 Å². The van der Waals surface area contributed by atoms with Crippen LogP contribution in [-0.2, 0) is 0 Å². The minimum atomic E-state index is 0.192. The maximum Gasteiger partial charge on any atom is 0.0831 e. The molecular formula is C27H22N2. The van der Waals surface area contributed by atoms with Crippen LogP contribution in [0.25, 0.3) is 11.1 Å². The van der Waals surface area contributed by atoms with E-state index in [0.717, 1.165) is 17.8 Å². The van der Waals surface area contributed by atoms with Gasteiger partial charge in [-0.25, -0.2) is 0 Å². The molecule has 1 heterocycles. The summed E-state index contributed by atoms with van der Waals surface area (Å²) in [5.41, 5.74) is 7.21. The largest absolute Gasteiger partial charge is 0.257 e. The van der Waals surface area contributed by atoms with Gasteiger partial charge in [0.05, 0.1) is 17.4 Å². The molecule has 0 saturated carbocycles. The Morgan fingerprint density at radius 3 is 1.69 bits per heavy atom. The van der Waals surface area contributed by atoms with Gasteiger partial charge in [0.25, 0.3) is 0 Å². The molecule has 4 aromatic carbocycles. The Balaban J connectivity index is 1.49. The van der Waals surface area contributed by atoms with E-state index in [4.69, 9.17) is 5.10 Å². The van der Waals surface area contributed by atoms with Gasteiger partial charge in [0, 0.05) is 6.42 Å². The molecule has 0 spiro atoms. The predicted octanol–water partition coefficient (Wildman–Crippen LogP) is 6.71. The first-order valence-corrected chi connectivity index (χ1v) is 10.0. The van der Waals surface area contributed by atoms with E-state index in [0.29, 0.717) is 0 Å². The fraction of sp³-hybridized carbons (Fsp3) is 0.0741. The molecule has 2 nitrogen and oxygen atoms in total. The van der Waals surface area contributed by atoms with Crippen LogP contribution in [0.15, 0.2) is 120 Å². The monoisotopic (exact) mass is 374 g/mol. The van der Waals surface area contributed by atoms with Gasteiger partial charge in [-0.2, -0.15) is 5.10 Å². The topological polar surface area (TPSA) is 15.6 Å². The van der Waals surface area contributed by atoms with Crippen LogP contribution in [0, 0.1) is 0 Å². The molecule has 29 heavy (non-hydrogen) atoms. The number of para-hydroxylation sites is 1. The average Bonchev–Trinajstić information content (AvgIpc) is 3.27. The Morgan fingerprint density at radius 2 is 1.07 bits per heavy atom. The van der Waals surface area contributed by atoms with Crippen LogP contribution in [0.4, 0.5) is 5.69 Å². The molecule has 2 heteroatoms. The summed E-state index contributed by atoms with van der Waals surface area (Å²) in [7, 11) is 0. The quantitative estimate of drug-likeness (QED) is 0.388. The van der Waals surface area contributed by atoms with Crippen LogP contribution in [0.1, 0.15) is 23.6 Å². The zero-order valence-electron chi connectivity index (χ0n) is 16.1. The second-order valence-electron chi connectivity index (χ2n) is 7.30. The van der Waals surface area contributed by atoms with Gasteiger partial charge in [0.1, 0.15) is 0 Å². The van der Waals surface area contributed by atoms with Crippen molar-refractivity contribution in [3.05, 3.63) is 126 Å². The number of rotatable bonds is 4. The third-order valence-electron chi connectivity index (χ3n) is 5.44. The molecule has 1 aliphatic heterocycles. The van der Waals surface area contributed by atoms with Crippen LogP contribution >= 0.6 is 0 Å². The summed E-state index contributed by atoms with van der Waals surface area (Å²) in [6.07, 6.45) is 0.892. The third kappa shape index (κ3) is 3.57. The number of hydrazone groups is 1. The van der Waals surface area contributed by atoms with Gasteiger partial charge >= 0.3 is 0 Å². The van der Waals surface area contributed by atoms with Crippen molar-refractivity contribution in [2.24, 2.45) is 5.10 Å². The lowest BCUT2D eigenvalue weighted by Gasteiger charge is -2.24. The molecule has 0 fully saturated rings. The molecule has 0 bridgehead atoms. The second kappa shape index (κ2) is 7.76. The number of nitrogens with zero attached hydrogens (tertiary/aromatic N) is 2. The smallest absolute Gasteiger partial charge is 0.0831 e. The molecule has 0 N–H and O–H groups in total. The zero-order chi connectivity index (χ0) is 19.5. The van der Waals surface area contributed by atoms with Gasteiger partial charge in [-0.1, -0.05) is 103 Å². The Bertz CT molecular complexity index is 1100. The summed E-state index contributed by atoms with van der Waals surface area (Å²) in [6, 6.07) is 40.6. The Morgan fingerprint density at radius 1 is 0.552 bits per heavy atom. The van der Waals surface area contributed by atoms with Gasteiger partial charge in [-0.05, 0) is 34.4 Å². The van der Waals surface area contributed by atoms with Crippen LogP contribution in [0.2, 0.25) is 0 Å². The van der Waals surface area contributed by atoms with Crippen molar-refractivity contribution in [1.29, 1.82) is 0 Å². The molecule has 0 saturated heterocycles. The highest BCUT2D eigenvalue weighted by atomic mass is 15.5. The maximum absolute atomic E-state index is 5.02. The van der Waals surface area contributed by atoms with Crippen LogP contribution in [-0.4, -0.2) is 5.71 Å². The number of benzene rings is 4. The van der Waals surface area contributed by atoms with Crippen molar-refractivity contribution in [2.45, 2.75) is 12.5 Å². The van der Waals surface area contributed by atoms with E-state index in [9.17, 15) is 0 Å². The van der Waals surface area contributed by atoms with Crippen molar-refractivity contribution >= 4 is 11.4 Å². The van der Waals surface area contributed by atoms with Crippen LogP contribution < -0.4 is 5.01 Å². The molecule has 5 rings (SSSR count). The summed E-state index contributed by atoms with van der Waals surface area (Å²) in [6.45, 7) is 0. The molecule has 4 aromatic rings. The summed E-state index contributed by atoms with van der Waals surface area (Å²) >= 11 is 0. The van der Waals surface area contributed by atoms with E-state index < -0.39 is 0 Å². The Hall–Kier alpha value is -3.65. The second-order valence-corrected chi connectivity index (χ2v) is 7.30. The van der Waals surface area contributed by atoms with E-state index in [1.54, 1.807) is 0 Å². The van der Waals surface area contributed by atoms with Crippen molar-refractivity contribution in [3.8, 4) is 11.1 Å². The normalized spacial score (nSPS) is 15.9. The molecule has 0 aliphatic carbocycles. The SMILES string of the molecule is c1ccc(C2=NN(c3ccccc3)C(c3ccc(-c4ccccc4)cc3)C2)cc1. The number of anilines is 1. The molecule has 0 radical (unpaired) electrons. The Kier molecular flexibility index (Phi) is 4.67. The molecule has 1 atom stereocenters. The van der Waals surface area contributed by atoms with E-state index in [1.165, 1.54) is 22.3 Å². The predicted molar refractivity (Wildman–Crippen MR) is 121 cm³/mol.